The van der Waals surface area contributed by atoms with Gasteiger partial charge in [0.05, 0.1) is 0 Å². The molecule has 0 saturated carbocycles. The van der Waals surface area contributed by atoms with E-state index in [0.29, 0.717) is 17.7 Å². The van der Waals surface area contributed by atoms with Crippen LogP contribution in [0.4, 0.5) is 0 Å². The third-order valence-corrected chi connectivity index (χ3v) is 12.6. The lowest BCUT2D eigenvalue weighted by molar-refractivity contribution is -0.135. The molecule has 0 spiro atoms. The highest BCUT2D eigenvalue weighted by molar-refractivity contribution is 5.78. The molecule has 0 aliphatic heterocycles. The molecule has 3 nitrogen and oxygen atoms in total. The first-order valence-corrected chi connectivity index (χ1v) is 23.7. The Labute approximate surface area is 329 Å². The minimum absolute atomic E-state index is 0.0622. The summed E-state index contributed by atoms with van der Waals surface area (Å²) in [6, 6.07) is 0. The van der Waals surface area contributed by atoms with Gasteiger partial charge in [-0.2, -0.15) is 0 Å². The predicted molar refractivity (Wildman–Crippen MR) is 235 cm³/mol. The van der Waals surface area contributed by atoms with E-state index in [0.717, 1.165) is 25.9 Å². The van der Waals surface area contributed by atoms with Gasteiger partial charge in [-0.25, -0.2) is 0 Å². The van der Waals surface area contributed by atoms with Gasteiger partial charge in [-0.05, 0) is 77.9 Å². The molecule has 52 heavy (non-hydrogen) atoms. The maximum Gasteiger partial charge on any atom is 0.225 e. The highest BCUT2D eigenvalue weighted by Crippen LogP contribution is 2.33. The first-order valence-electron chi connectivity index (χ1n) is 23.7. The van der Waals surface area contributed by atoms with Gasteiger partial charge in [0.2, 0.25) is 5.91 Å². The van der Waals surface area contributed by atoms with Crippen LogP contribution < -0.4 is 0 Å². The molecule has 3 atom stereocenters. The average molecular weight is 731 g/mol. The fourth-order valence-electron chi connectivity index (χ4n) is 8.19. The van der Waals surface area contributed by atoms with Crippen LogP contribution in [-0.2, 0) is 4.79 Å². The third-order valence-electron chi connectivity index (χ3n) is 12.6. The Morgan fingerprint density at radius 1 is 0.423 bits per heavy atom. The maximum atomic E-state index is 13.4. The van der Waals surface area contributed by atoms with Crippen molar-refractivity contribution in [1.29, 1.82) is 0 Å². The van der Waals surface area contributed by atoms with E-state index in [-0.39, 0.29) is 5.92 Å². The number of nitrogens with zero attached hydrogens (tertiary/aromatic N) is 2. The van der Waals surface area contributed by atoms with Gasteiger partial charge in [0.1, 0.15) is 0 Å². The van der Waals surface area contributed by atoms with Crippen molar-refractivity contribution in [3.05, 3.63) is 11.1 Å². The molecule has 0 aromatic rings. The summed E-state index contributed by atoms with van der Waals surface area (Å²) in [5.74, 6) is 1.21. The Balaban J connectivity index is 4.77. The first kappa shape index (κ1) is 51.2. The minimum Gasteiger partial charge on any atom is -0.346 e. The maximum absolute atomic E-state index is 13.4. The van der Waals surface area contributed by atoms with Crippen molar-refractivity contribution < 1.29 is 4.79 Å². The predicted octanol–water partition coefficient (Wildman–Crippen LogP) is 15.8. The fraction of sp³-hybridized carbons (Fsp3) is 0.939. The van der Waals surface area contributed by atoms with Crippen molar-refractivity contribution in [2.75, 3.05) is 34.2 Å². The van der Waals surface area contributed by atoms with Crippen molar-refractivity contribution in [3.8, 4) is 0 Å². The molecule has 0 bridgehead atoms. The molecule has 0 aromatic heterocycles. The molecule has 0 rings (SSSR count). The van der Waals surface area contributed by atoms with E-state index in [1.165, 1.54) is 193 Å². The van der Waals surface area contributed by atoms with Crippen LogP contribution in [0, 0.1) is 17.8 Å². The second-order valence-corrected chi connectivity index (χ2v) is 17.7. The van der Waals surface area contributed by atoms with Gasteiger partial charge in [0.25, 0.3) is 0 Å². The minimum atomic E-state index is 0.0622. The number of hydrogen-bond acceptors (Lipinski definition) is 2. The summed E-state index contributed by atoms with van der Waals surface area (Å²) in [6.45, 7) is 15.9. The quantitative estimate of drug-likeness (QED) is 0.0464. The first-order chi connectivity index (χ1) is 25.2. The van der Waals surface area contributed by atoms with Gasteiger partial charge in [-0.15, -0.1) is 0 Å². The van der Waals surface area contributed by atoms with E-state index in [1.807, 2.05) is 11.9 Å². The van der Waals surface area contributed by atoms with Gasteiger partial charge in [-0.1, -0.05) is 213 Å². The molecule has 1 amide bonds. The summed E-state index contributed by atoms with van der Waals surface area (Å²) in [5, 5.41) is 0. The van der Waals surface area contributed by atoms with Crippen LogP contribution in [0.1, 0.15) is 247 Å². The zero-order chi connectivity index (χ0) is 38.7. The molecule has 0 aliphatic rings. The summed E-state index contributed by atoms with van der Waals surface area (Å²) in [5.41, 5.74) is 3.33. The number of hydrogen-bond donors (Lipinski definition) is 0. The molecule has 0 fully saturated rings. The van der Waals surface area contributed by atoms with Gasteiger partial charge in [0.15, 0.2) is 0 Å². The molecule has 3 unspecified atom stereocenters. The van der Waals surface area contributed by atoms with Crippen molar-refractivity contribution in [2.24, 2.45) is 17.8 Å². The van der Waals surface area contributed by atoms with Crippen LogP contribution in [0.25, 0.3) is 0 Å². The van der Waals surface area contributed by atoms with Crippen LogP contribution in [-0.4, -0.2) is 49.9 Å². The average Bonchev–Trinajstić information content (AvgIpc) is 3.14. The summed E-state index contributed by atoms with van der Waals surface area (Å²) < 4.78 is 0. The van der Waals surface area contributed by atoms with E-state index >= 15 is 0 Å². The van der Waals surface area contributed by atoms with E-state index in [2.05, 4.69) is 60.5 Å². The van der Waals surface area contributed by atoms with Crippen LogP contribution in [0.2, 0.25) is 0 Å². The number of carbonyl (C=O) groups is 1. The Bertz CT molecular complexity index is 769. The van der Waals surface area contributed by atoms with Crippen LogP contribution in [0.5, 0.6) is 0 Å². The highest BCUT2D eigenvalue weighted by Gasteiger charge is 2.28. The van der Waals surface area contributed by atoms with E-state index < -0.39 is 0 Å². The van der Waals surface area contributed by atoms with Crippen molar-refractivity contribution in [2.45, 2.75) is 247 Å². The fourth-order valence-corrected chi connectivity index (χ4v) is 8.19. The molecule has 0 aliphatic carbocycles. The second-order valence-electron chi connectivity index (χ2n) is 17.7. The summed E-state index contributed by atoms with van der Waals surface area (Å²) >= 11 is 0. The SMILES string of the molecule is CCCCCCCCCCCCCCCCC(CCCCCCCCCCCCCCCC)=C(C)C(C)C(C)C(C)C(=O)N(C)CCCCN(C)C. The number of carbonyl (C=O) groups excluding carboxylic acids is 1. The zero-order valence-electron chi connectivity index (χ0n) is 37.6. The smallest absolute Gasteiger partial charge is 0.225 e. The van der Waals surface area contributed by atoms with Gasteiger partial charge in [-0.3, -0.25) is 4.79 Å². The highest BCUT2D eigenvalue weighted by atomic mass is 16.2. The zero-order valence-corrected chi connectivity index (χ0v) is 37.6. The Morgan fingerprint density at radius 3 is 1.06 bits per heavy atom. The number of allylic oxidation sites excluding steroid dienone is 2. The summed E-state index contributed by atoms with van der Waals surface area (Å²) in [6.07, 6.45) is 44.6. The van der Waals surface area contributed by atoms with E-state index in [4.69, 9.17) is 0 Å². The monoisotopic (exact) mass is 731 g/mol. The van der Waals surface area contributed by atoms with Crippen molar-refractivity contribution in [3.63, 3.8) is 0 Å². The number of unbranched alkanes of at least 4 members (excludes halogenated alkanes) is 27. The van der Waals surface area contributed by atoms with E-state index in [9.17, 15) is 4.79 Å². The third kappa shape index (κ3) is 29.5. The second kappa shape index (κ2) is 37.1. The molecule has 3 heteroatoms. The Morgan fingerprint density at radius 2 is 0.731 bits per heavy atom. The van der Waals surface area contributed by atoms with E-state index in [1.54, 1.807) is 11.1 Å². The Hall–Kier alpha value is -0.830. The van der Waals surface area contributed by atoms with Crippen molar-refractivity contribution >= 4 is 5.91 Å². The molecule has 0 aromatic carbocycles. The summed E-state index contributed by atoms with van der Waals surface area (Å²) in [7, 11) is 6.27. The van der Waals surface area contributed by atoms with Crippen LogP contribution in [0.15, 0.2) is 11.1 Å². The molecule has 0 N–H and O–H groups in total. The molecule has 0 heterocycles. The topological polar surface area (TPSA) is 23.6 Å². The lowest BCUT2D eigenvalue weighted by atomic mass is 9.78. The number of amides is 1. The molecule has 0 radical (unpaired) electrons. The van der Waals surface area contributed by atoms with Crippen LogP contribution >= 0.6 is 0 Å². The molecule has 0 saturated heterocycles. The van der Waals surface area contributed by atoms with Gasteiger partial charge < -0.3 is 9.80 Å². The van der Waals surface area contributed by atoms with Crippen LogP contribution in [0.3, 0.4) is 0 Å². The van der Waals surface area contributed by atoms with Gasteiger partial charge in [0, 0.05) is 19.5 Å². The number of rotatable bonds is 39. The molecular formula is C49H98N2O. The van der Waals surface area contributed by atoms with Gasteiger partial charge >= 0.3 is 0 Å². The lowest BCUT2D eigenvalue weighted by Crippen LogP contribution is -2.37. The normalized spacial score (nSPS) is 13.4. The van der Waals surface area contributed by atoms with Crippen molar-refractivity contribution in [1.82, 2.24) is 9.80 Å². The lowest BCUT2D eigenvalue weighted by Gasteiger charge is -2.31. The summed E-state index contributed by atoms with van der Waals surface area (Å²) in [4.78, 5) is 17.7. The standard InChI is InChI=1S/C49H98N2O/c1-10-12-14-16-18-20-22-24-26-28-30-32-34-36-40-48(41-37-35-33-31-29-27-25-23-21-19-17-15-13-11-2)46(5)44(3)45(4)47(6)49(52)51(9)43-39-38-42-50(7)8/h44-45,47H,10-43H2,1-9H3. The molecule has 310 valence electrons. The molecular weight excluding hydrogens is 633 g/mol. The largest absolute Gasteiger partial charge is 0.346 e. The Kier molecular flexibility index (Phi) is 36.5.